The first kappa shape index (κ1) is 13.1. The minimum absolute atomic E-state index is 0.279. The Balaban J connectivity index is 2.12. The summed E-state index contributed by atoms with van der Waals surface area (Å²) in [5.41, 5.74) is 0.425. The van der Waals surface area contributed by atoms with Crippen LogP contribution in [0.2, 0.25) is 0 Å². The predicted octanol–water partition coefficient (Wildman–Crippen LogP) is 1.38. The molecule has 0 spiro atoms. The van der Waals surface area contributed by atoms with Gasteiger partial charge in [-0.25, -0.2) is 8.42 Å². The summed E-state index contributed by atoms with van der Waals surface area (Å²) in [5.74, 6) is 0. The number of rotatable bonds is 6. The molecule has 0 atom stereocenters. The van der Waals surface area contributed by atoms with E-state index in [9.17, 15) is 8.42 Å². The van der Waals surface area contributed by atoms with Gasteiger partial charge in [0.05, 0.1) is 16.8 Å². The molecule has 98 valence electrons. The van der Waals surface area contributed by atoms with Gasteiger partial charge in [0.2, 0.25) is 0 Å². The maximum absolute atomic E-state index is 12.0. The van der Waals surface area contributed by atoms with Crippen LogP contribution in [0.1, 0.15) is 11.8 Å². The third kappa shape index (κ3) is 3.09. The van der Waals surface area contributed by atoms with Gasteiger partial charge in [-0.15, -0.1) is 11.3 Å². The van der Waals surface area contributed by atoms with Gasteiger partial charge >= 0.3 is 0 Å². The molecule has 0 aromatic carbocycles. The highest BCUT2D eigenvalue weighted by molar-refractivity contribution is 7.92. The van der Waals surface area contributed by atoms with Gasteiger partial charge in [0.15, 0.2) is 0 Å². The molecular weight excluding hydrogens is 272 g/mol. The number of thiophene rings is 1. The van der Waals surface area contributed by atoms with Crippen LogP contribution in [0.5, 0.6) is 0 Å². The SMILES string of the molecule is CCNCc1cc(S(=O)(=O)Nc2cn[nH]c2)cs1. The average molecular weight is 286 g/mol. The van der Waals surface area contributed by atoms with E-state index in [1.807, 2.05) is 6.92 Å². The van der Waals surface area contributed by atoms with Gasteiger partial charge in [-0.2, -0.15) is 5.10 Å². The van der Waals surface area contributed by atoms with Gasteiger partial charge in [-0.05, 0) is 12.6 Å². The van der Waals surface area contributed by atoms with E-state index in [-0.39, 0.29) is 4.90 Å². The maximum atomic E-state index is 12.0. The summed E-state index contributed by atoms with van der Waals surface area (Å²) < 4.78 is 26.5. The van der Waals surface area contributed by atoms with E-state index in [0.717, 1.165) is 11.4 Å². The number of nitrogens with zero attached hydrogens (tertiary/aromatic N) is 1. The lowest BCUT2D eigenvalue weighted by molar-refractivity contribution is 0.601. The van der Waals surface area contributed by atoms with E-state index in [0.29, 0.717) is 12.2 Å². The van der Waals surface area contributed by atoms with Crippen LogP contribution in [0.3, 0.4) is 0 Å². The van der Waals surface area contributed by atoms with Gasteiger partial charge in [0.1, 0.15) is 0 Å². The summed E-state index contributed by atoms with van der Waals surface area (Å²) in [7, 11) is -3.51. The summed E-state index contributed by atoms with van der Waals surface area (Å²) in [5, 5.41) is 11.0. The van der Waals surface area contributed by atoms with E-state index < -0.39 is 10.0 Å². The molecule has 0 radical (unpaired) electrons. The maximum Gasteiger partial charge on any atom is 0.262 e. The Morgan fingerprint density at radius 2 is 2.33 bits per heavy atom. The zero-order valence-corrected chi connectivity index (χ0v) is 11.4. The fourth-order valence-corrected chi connectivity index (χ4v) is 3.64. The summed E-state index contributed by atoms with van der Waals surface area (Å²) in [6, 6.07) is 1.68. The highest BCUT2D eigenvalue weighted by atomic mass is 32.2. The molecule has 0 saturated heterocycles. The average Bonchev–Trinajstić information content (AvgIpc) is 2.96. The van der Waals surface area contributed by atoms with Crippen molar-refractivity contribution < 1.29 is 8.42 Å². The van der Waals surface area contributed by atoms with Gasteiger partial charge in [0.25, 0.3) is 10.0 Å². The van der Waals surface area contributed by atoms with Gasteiger partial charge in [-0.1, -0.05) is 6.92 Å². The molecule has 2 aromatic heterocycles. The lowest BCUT2D eigenvalue weighted by atomic mass is 10.4. The first-order valence-corrected chi connectivity index (χ1v) is 7.78. The molecule has 2 aromatic rings. The topological polar surface area (TPSA) is 86.9 Å². The third-order valence-corrected chi connectivity index (χ3v) is 4.69. The number of hydrogen-bond acceptors (Lipinski definition) is 5. The highest BCUT2D eigenvalue weighted by Gasteiger charge is 2.16. The molecule has 0 aliphatic carbocycles. The van der Waals surface area contributed by atoms with E-state index >= 15 is 0 Å². The number of nitrogens with one attached hydrogen (secondary N) is 3. The summed E-state index contributed by atoms with van der Waals surface area (Å²) in [6.07, 6.45) is 2.91. The monoisotopic (exact) mass is 286 g/mol. The molecule has 0 amide bonds. The molecule has 0 bridgehead atoms. The Labute approximate surface area is 109 Å². The van der Waals surface area contributed by atoms with Crippen LogP contribution < -0.4 is 10.0 Å². The molecule has 6 nitrogen and oxygen atoms in total. The van der Waals surface area contributed by atoms with Crippen molar-refractivity contribution in [3.8, 4) is 0 Å². The van der Waals surface area contributed by atoms with Crippen LogP contribution >= 0.6 is 11.3 Å². The zero-order valence-electron chi connectivity index (χ0n) is 9.80. The lowest BCUT2D eigenvalue weighted by Crippen LogP contribution is -2.12. The first-order valence-electron chi connectivity index (χ1n) is 5.41. The third-order valence-electron chi connectivity index (χ3n) is 2.24. The van der Waals surface area contributed by atoms with Crippen molar-refractivity contribution in [3.63, 3.8) is 0 Å². The molecule has 0 unspecified atom stereocenters. The second-order valence-corrected chi connectivity index (χ2v) is 6.30. The Morgan fingerprint density at radius 3 is 3.00 bits per heavy atom. The smallest absolute Gasteiger partial charge is 0.262 e. The van der Waals surface area contributed by atoms with Crippen LogP contribution in [0.15, 0.2) is 28.7 Å². The summed E-state index contributed by atoms with van der Waals surface area (Å²) in [6.45, 7) is 3.54. The van der Waals surface area contributed by atoms with E-state index in [1.165, 1.54) is 23.7 Å². The number of aromatic amines is 1. The minimum Gasteiger partial charge on any atom is -0.312 e. The van der Waals surface area contributed by atoms with Crippen molar-refractivity contribution >= 4 is 27.0 Å². The molecule has 0 fully saturated rings. The molecule has 3 N–H and O–H groups in total. The van der Waals surface area contributed by atoms with Crippen LogP contribution in [0.25, 0.3) is 0 Å². The highest BCUT2D eigenvalue weighted by Crippen LogP contribution is 2.21. The van der Waals surface area contributed by atoms with Crippen LogP contribution in [0, 0.1) is 0 Å². The van der Waals surface area contributed by atoms with Crippen LogP contribution in [-0.2, 0) is 16.6 Å². The number of aromatic nitrogens is 2. The van der Waals surface area contributed by atoms with Crippen molar-refractivity contribution in [1.29, 1.82) is 0 Å². The van der Waals surface area contributed by atoms with Gasteiger partial charge in [-0.3, -0.25) is 9.82 Å². The molecular formula is C10H14N4O2S2. The van der Waals surface area contributed by atoms with Crippen molar-refractivity contribution in [2.24, 2.45) is 0 Å². The number of hydrogen-bond donors (Lipinski definition) is 3. The van der Waals surface area contributed by atoms with Crippen molar-refractivity contribution in [3.05, 3.63) is 28.7 Å². The molecule has 2 rings (SSSR count). The van der Waals surface area contributed by atoms with Gasteiger partial charge in [0, 0.05) is 23.0 Å². The number of H-pyrrole nitrogens is 1. The predicted molar refractivity (Wildman–Crippen MR) is 71.1 cm³/mol. The molecule has 2 heterocycles. The van der Waals surface area contributed by atoms with Crippen LogP contribution in [-0.4, -0.2) is 25.2 Å². The first-order chi connectivity index (χ1) is 8.62. The Hall–Kier alpha value is -1.38. The second kappa shape index (κ2) is 5.51. The standard InChI is InChI=1S/C10H14N4O2S2/c1-2-11-6-9-3-10(7-17-9)18(15,16)14-8-4-12-13-5-8/h3-5,7,11,14H,2,6H2,1H3,(H,12,13). The van der Waals surface area contributed by atoms with Gasteiger partial charge < -0.3 is 5.32 Å². The molecule has 0 aliphatic heterocycles. The molecule has 18 heavy (non-hydrogen) atoms. The second-order valence-electron chi connectivity index (χ2n) is 3.62. The summed E-state index contributed by atoms with van der Waals surface area (Å²) in [4.78, 5) is 1.27. The molecule has 0 aliphatic rings. The molecule has 8 heteroatoms. The number of sulfonamides is 1. The largest absolute Gasteiger partial charge is 0.312 e. The Morgan fingerprint density at radius 1 is 1.50 bits per heavy atom. The molecule has 0 saturated carbocycles. The fourth-order valence-electron chi connectivity index (χ4n) is 1.36. The van der Waals surface area contributed by atoms with Crippen molar-refractivity contribution in [2.45, 2.75) is 18.4 Å². The quantitative estimate of drug-likeness (QED) is 0.748. The fraction of sp³-hybridized carbons (Fsp3) is 0.300. The summed E-state index contributed by atoms with van der Waals surface area (Å²) >= 11 is 1.42. The Kier molecular flexibility index (Phi) is 4.00. The van der Waals surface area contributed by atoms with Crippen molar-refractivity contribution in [2.75, 3.05) is 11.3 Å². The zero-order chi connectivity index (χ0) is 13.0. The number of anilines is 1. The van der Waals surface area contributed by atoms with Crippen LogP contribution in [0.4, 0.5) is 5.69 Å². The Bertz CT molecular complexity index is 589. The van der Waals surface area contributed by atoms with E-state index in [1.54, 1.807) is 11.4 Å². The van der Waals surface area contributed by atoms with Crippen molar-refractivity contribution in [1.82, 2.24) is 15.5 Å². The van der Waals surface area contributed by atoms with E-state index in [4.69, 9.17) is 0 Å². The lowest BCUT2D eigenvalue weighted by Gasteiger charge is -2.02. The van der Waals surface area contributed by atoms with E-state index in [2.05, 4.69) is 20.2 Å². The normalized spacial score (nSPS) is 11.6. The minimum atomic E-state index is -3.51.